The first kappa shape index (κ1) is 9.57. The number of carbonyl (C=O) groups excluding carboxylic acids is 1. The highest BCUT2D eigenvalue weighted by Gasteiger charge is 2.05. The first-order valence-corrected chi connectivity index (χ1v) is 4.35. The number of urea groups is 1. The summed E-state index contributed by atoms with van der Waals surface area (Å²) in [5.74, 6) is 0.674. The zero-order valence-electron chi connectivity index (χ0n) is 7.85. The minimum absolute atomic E-state index is 0.207. The molecule has 0 unspecified atom stereocenters. The van der Waals surface area contributed by atoms with E-state index in [-0.39, 0.29) is 6.03 Å². The summed E-state index contributed by atoms with van der Waals surface area (Å²) in [6.07, 6.45) is 2.56. The van der Waals surface area contributed by atoms with Crippen molar-refractivity contribution in [2.45, 2.75) is 20.3 Å². The second-order valence-electron chi connectivity index (χ2n) is 2.61. The van der Waals surface area contributed by atoms with Gasteiger partial charge in [0.1, 0.15) is 5.82 Å². The van der Waals surface area contributed by atoms with Crippen molar-refractivity contribution >= 4 is 11.8 Å². The average molecular weight is 182 g/mol. The molecule has 0 saturated heterocycles. The summed E-state index contributed by atoms with van der Waals surface area (Å²) in [6, 6.07) is -0.207. The Kier molecular flexibility index (Phi) is 3.31. The Hall–Kier alpha value is -1.52. The first-order chi connectivity index (χ1) is 6.27. The number of H-pyrrole nitrogens is 1. The molecule has 1 heterocycles. The molecule has 0 atom stereocenters. The van der Waals surface area contributed by atoms with Gasteiger partial charge in [-0.1, -0.05) is 6.92 Å². The second-order valence-corrected chi connectivity index (χ2v) is 2.61. The van der Waals surface area contributed by atoms with Crippen LogP contribution in [0.5, 0.6) is 0 Å². The van der Waals surface area contributed by atoms with E-state index in [1.165, 1.54) is 0 Å². The van der Waals surface area contributed by atoms with Crippen molar-refractivity contribution in [3.63, 3.8) is 0 Å². The lowest BCUT2D eigenvalue weighted by Crippen LogP contribution is -2.28. The van der Waals surface area contributed by atoms with Crippen molar-refractivity contribution in [2.24, 2.45) is 0 Å². The SMILES string of the molecule is CCNC(=O)Nc1[nH]ncc1CC. The van der Waals surface area contributed by atoms with Crippen molar-refractivity contribution in [2.75, 3.05) is 11.9 Å². The van der Waals surface area contributed by atoms with E-state index in [2.05, 4.69) is 20.8 Å². The van der Waals surface area contributed by atoms with Gasteiger partial charge in [-0.15, -0.1) is 0 Å². The normalized spacial score (nSPS) is 9.69. The summed E-state index contributed by atoms with van der Waals surface area (Å²) >= 11 is 0. The molecule has 13 heavy (non-hydrogen) atoms. The number of hydrogen-bond acceptors (Lipinski definition) is 2. The van der Waals surface area contributed by atoms with Crippen LogP contribution >= 0.6 is 0 Å². The molecular formula is C8H14N4O. The third-order valence-electron chi connectivity index (χ3n) is 1.67. The summed E-state index contributed by atoms with van der Waals surface area (Å²) < 4.78 is 0. The van der Waals surface area contributed by atoms with Gasteiger partial charge in [-0.05, 0) is 13.3 Å². The van der Waals surface area contributed by atoms with Crippen molar-refractivity contribution in [3.05, 3.63) is 11.8 Å². The molecule has 72 valence electrons. The zero-order chi connectivity index (χ0) is 9.68. The third-order valence-corrected chi connectivity index (χ3v) is 1.67. The Balaban J connectivity index is 2.57. The number of carbonyl (C=O) groups is 1. The van der Waals surface area contributed by atoms with Crippen molar-refractivity contribution in [3.8, 4) is 0 Å². The minimum atomic E-state index is -0.207. The predicted octanol–water partition coefficient (Wildman–Crippen LogP) is 1.11. The number of amides is 2. The largest absolute Gasteiger partial charge is 0.338 e. The quantitative estimate of drug-likeness (QED) is 0.655. The highest BCUT2D eigenvalue weighted by molar-refractivity contribution is 5.88. The standard InChI is InChI=1S/C8H14N4O/c1-3-6-5-10-12-7(6)11-8(13)9-4-2/h5H,3-4H2,1-2H3,(H3,9,10,11,12,13). The molecule has 0 saturated carbocycles. The van der Waals surface area contributed by atoms with Crippen molar-refractivity contribution in [1.82, 2.24) is 15.5 Å². The van der Waals surface area contributed by atoms with Crippen LogP contribution in [0.15, 0.2) is 6.20 Å². The molecule has 3 N–H and O–H groups in total. The topological polar surface area (TPSA) is 69.8 Å². The molecule has 0 bridgehead atoms. The average Bonchev–Trinajstić information content (AvgIpc) is 2.52. The molecule has 1 aromatic rings. The molecule has 0 radical (unpaired) electrons. The van der Waals surface area contributed by atoms with E-state index < -0.39 is 0 Å². The lowest BCUT2D eigenvalue weighted by atomic mass is 10.2. The monoisotopic (exact) mass is 182 g/mol. The zero-order valence-corrected chi connectivity index (χ0v) is 7.85. The number of aryl methyl sites for hydroxylation is 1. The Morgan fingerprint density at radius 1 is 1.62 bits per heavy atom. The number of anilines is 1. The third kappa shape index (κ3) is 2.47. The van der Waals surface area contributed by atoms with Gasteiger partial charge in [0.25, 0.3) is 0 Å². The molecule has 1 rings (SSSR count). The molecule has 1 aromatic heterocycles. The maximum atomic E-state index is 11.1. The number of aromatic amines is 1. The van der Waals surface area contributed by atoms with E-state index in [0.29, 0.717) is 12.4 Å². The lowest BCUT2D eigenvalue weighted by Gasteiger charge is -2.04. The smallest absolute Gasteiger partial charge is 0.320 e. The van der Waals surface area contributed by atoms with E-state index in [1.54, 1.807) is 6.20 Å². The van der Waals surface area contributed by atoms with Gasteiger partial charge in [0.15, 0.2) is 0 Å². The lowest BCUT2D eigenvalue weighted by molar-refractivity contribution is 0.252. The molecule has 0 fully saturated rings. The van der Waals surface area contributed by atoms with Gasteiger partial charge < -0.3 is 5.32 Å². The summed E-state index contributed by atoms with van der Waals surface area (Å²) in [5, 5.41) is 11.9. The van der Waals surface area contributed by atoms with Crippen molar-refractivity contribution < 1.29 is 4.79 Å². The predicted molar refractivity (Wildman–Crippen MR) is 50.7 cm³/mol. The molecule has 5 heteroatoms. The molecule has 0 aromatic carbocycles. The van der Waals surface area contributed by atoms with Crippen LogP contribution in [0.25, 0.3) is 0 Å². The Labute approximate surface area is 76.9 Å². The first-order valence-electron chi connectivity index (χ1n) is 4.35. The minimum Gasteiger partial charge on any atom is -0.338 e. The number of aromatic nitrogens is 2. The van der Waals surface area contributed by atoms with Crippen LogP contribution in [-0.2, 0) is 6.42 Å². The molecule has 0 aliphatic rings. The highest BCUT2D eigenvalue weighted by Crippen LogP contribution is 2.10. The van der Waals surface area contributed by atoms with E-state index in [1.807, 2.05) is 13.8 Å². The Bertz CT molecular complexity index is 281. The van der Waals surface area contributed by atoms with Gasteiger partial charge in [0.2, 0.25) is 0 Å². The summed E-state index contributed by atoms with van der Waals surface area (Å²) in [6.45, 7) is 4.49. The number of nitrogens with zero attached hydrogens (tertiary/aromatic N) is 1. The van der Waals surface area contributed by atoms with Crippen LogP contribution in [0.2, 0.25) is 0 Å². The highest BCUT2D eigenvalue weighted by atomic mass is 16.2. The van der Waals surface area contributed by atoms with Gasteiger partial charge in [0.05, 0.1) is 6.20 Å². The molecule has 0 aliphatic heterocycles. The summed E-state index contributed by atoms with van der Waals surface area (Å²) in [7, 11) is 0. The molecule has 5 nitrogen and oxygen atoms in total. The fourth-order valence-electron chi connectivity index (χ4n) is 1.01. The van der Waals surface area contributed by atoms with E-state index >= 15 is 0 Å². The van der Waals surface area contributed by atoms with Crippen LogP contribution in [0.1, 0.15) is 19.4 Å². The maximum absolute atomic E-state index is 11.1. The van der Waals surface area contributed by atoms with E-state index in [4.69, 9.17) is 0 Å². The molecule has 0 spiro atoms. The van der Waals surface area contributed by atoms with Gasteiger partial charge >= 0.3 is 6.03 Å². The Morgan fingerprint density at radius 2 is 2.38 bits per heavy atom. The molecular weight excluding hydrogens is 168 g/mol. The van der Waals surface area contributed by atoms with Crippen molar-refractivity contribution in [1.29, 1.82) is 0 Å². The number of nitrogens with one attached hydrogen (secondary N) is 3. The number of rotatable bonds is 3. The van der Waals surface area contributed by atoms with Crippen LogP contribution in [0.3, 0.4) is 0 Å². The van der Waals surface area contributed by atoms with Crippen LogP contribution < -0.4 is 10.6 Å². The molecule has 0 aliphatic carbocycles. The van der Waals surface area contributed by atoms with Gasteiger partial charge in [-0.25, -0.2) is 4.79 Å². The number of hydrogen-bond donors (Lipinski definition) is 3. The second kappa shape index (κ2) is 4.49. The fraction of sp³-hybridized carbons (Fsp3) is 0.500. The summed E-state index contributed by atoms with van der Waals surface area (Å²) in [5.41, 5.74) is 1.01. The van der Waals surface area contributed by atoms with Crippen LogP contribution in [0.4, 0.5) is 10.6 Å². The van der Waals surface area contributed by atoms with Crippen LogP contribution in [0, 0.1) is 0 Å². The van der Waals surface area contributed by atoms with Crippen LogP contribution in [-0.4, -0.2) is 22.8 Å². The Morgan fingerprint density at radius 3 is 3.00 bits per heavy atom. The van der Waals surface area contributed by atoms with Gasteiger partial charge in [0, 0.05) is 12.1 Å². The fourth-order valence-corrected chi connectivity index (χ4v) is 1.01. The summed E-state index contributed by atoms with van der Waals surface area (Å²) in [4.78, 5) is 11.1. The van der Waals surface area contributed by atoms with Gasteiger partial charge in [-0.2, -0.15) is 5.10 Å². The molecule has 2 amide bonds. The van der Waals surface area contributed by atoms with E-state index in [9.17, 15) is 4.79 Å². The van der Waals surface area contributed by atoms with Gasteiger partial charge in [-0.3, -0.25) is 10.4 Å². The maximum Gasteiger partial charge on any atom is 0.320 e. The van der Waals surface area contributed by atoms with E-state index in [0.717, 1.165) is 12.0 Å².